The molecule has 0 saturated carbocycles. The fourth-order valence-corrected chi connectivity index (χ4v) is 0.587. The first-order chi connectivity index (χ1) is 4.72. The molecular formula is C7H17N3. The molecule has 0 aromatic heterocycles. The number of rotatable bonds is 4. The predicted octanol–water partition coefficient (Wildman–Crippen LogP) is 0.557. The van der Waals surface area contributed by atoms with Crippen molar-refractivity contribution in [1.29, 1.82) is 0 Å². The Hall–Kier alpha value is -0.700. The summed E-state index contributed by atoms with van der Waals surface area (Å²) < 4.78 is 0. The van der Waals surface area contributed by atoms with Gasteiger partial charge in [0.25, 0.3) is 0 Å². The van der Waals surface area contributed by atoms with Crippen LogP contribution in [0, 0.1) is 5.92 Å². The van der Waals surface area contributed by atoms with Crippen LogP contribution in [-0.4, -0.2) is 6.54 Å². The van der Waals surface area contributed by atoms with Crippen molar-refractivity contribution in [2.24, 2.45) is 11.8 Å². The Balaban J connectivity index is 3.79. The minimum Gasteiger partial charge on any atom is -0.390 e. The van der Waals surface area contributed by atoms with Crippen molar-refractivity contribution in [1.82, 2.24) is 10.7 Å². The fourth-order valence-electron chi connectivity index (χ4n) is 0.587. The van der Waals surface area contributed by atoms with Gasteiger partial charge < -0.3 is 10.7 Å². The molecule has 0 fully saturated rings. The van der Waals surface area contributed by atoms with Gasteiger partial charge in [0, 0.05) is 18.4 Å². The molecule has 3 nitrogen and oxygen atoms in total. The van der Waals surface area contributed by atoms with Crippen molar-refractivity contribution < 1.29 is 0 Å². The zero-order valence-electron chi connectivity index (χ0n) is 6.94. The first-order valence-electron chi connectivity index (χ1n) is 3.62. The van der Waals surface area contributed by atoms with E-state index in [1.54, 1.807) is 0 Å². The molecule has 0 rings (SSSR count). The maximum atomic E-state index is 5.26. The third-order valence-electron chi connectivity index (χ3n) is 1.25. The van der Waals surface area contributed by atoms with Gasteiger partial charge in [-0.05, 0) is 12.8 Å². The minimum atomic E-state index is 0.448. The molecule has 10 heavy (non-hydrogen) atoms. The van der Waals surface area contributed by atoms with Crippen LogP contribution in [0.1, 0.15) is 20.8 Å². The van der Waals surface area contributed by atoms with Gasteiger partial charge in [-0.2, -0.15) is 0 Å². The molecule has 4 N–H and O–H groups in total. The fraction of sp³-hybridized carbons (Fsp3) is 0.714. The average Bonchev–Trinajstić information content (AvgIpc) is 1.89. The molecule has 0 unspecified atom stereocenters. The molecule has 0 spiro atoms. The summed E-state index contributed by atoms with van der Waals surface area (Å²) in [6, 6.07) is 0. The van der Waals surface area contributed by atoms with Gasteiger partial charge in [0.05, 0.1) is 0 Å². The standard InChI is InChI=1S/C7H17N3/c1-4-9-5-7(10-8)6(2)3/h5-6,9-10H,4,8H2,1-3H3/b7-5-. The second-order valence-electron chi connectivity index (χ2n) is 2.46. The lowest BCUT2D eigenvalue weighted by Crippen LogP contribution is -2.26. The van der Waals surface area contributed by atoms with Crippen LogP contribution in [0.3, 0.4) is 0 Å². The highest BCUT2D eigenvalue weighted by Crippen LogP contribution is 2.01. The molecule has 60 valence electrons. The molecule has 0 aromatic rings. The first kappa shape index (κ1) is 9.30. The lowest BCUT2D eigenvalue weighted by molar-refractivity contribution is 0.658. The minimum absolute atomic E-state index is 0.448. The lowest BCUT2D eigenvalue weighted by Gasteiger charge is -2.09. The Morgan fingerprint density at radius 1 is 1.60 bits per heavy atom. The van der Waals surface area contributed by atoms with Crippen molar-refractivity contribution in [3.05, 3.63) is 11.9 Å². The summed E-state index contributed by atoms with van der Waals surface area (Å²) in [5.41, 5.74) is 3.66. The van der Waals surface area contributed by atoms with Crippen LogP contribution < -0.4 is 16.6 Å². The highest BCUT2D eigenvalue weighted by molar-refractivity contribution is 4.99. The molecule has 0 aromatic carbocycles. The van der Waals surface area contributed by atoms with E-state index in [4.69, 9.17) is 5.84 Å². The van der Waals surface area contributed by atoms with Crippen LogP contribution in [0.5, 0.6) is 0 Å². The quantitative estimate of drug-likeness (QED) is 0.398. The normalized spacial score (nSPS) is 11.9. The third-order valence-corrected chi connectivity index (χ3v) is 1.25. The number of allylic oxidation sites excluding steroid dienone is 1. The smallest absolute Gasteiger partial charge is 0.0441 e. The van der Waals surface area contributed by atoms with Crippen LogP contribution in [0.15, 0.2) is 11.9 Å². The molecule has 0 radical (unpaired) electrons. The number of hydrogen-bond donors (Lipinski definition) is 3. The van der Waals surface area contributed by atoms with Crippen molar-refractivity contribution in [2.45, 2.75) is 20.8 Å². The average molecular weight is 143 g/mol. The highest BCUT2D eigenvalue weighted by atomic mass is 15.2. The predicted molar refractivity (Wildman–Crippen MR) is 43.9 cm³/mol. The topological polar surface area (TPSA) is 50.1 Å². The van der Waals surface area contributed by atoms with Gasteiger partial charge in [0.15, 0.2) is 0 Å². The van der Waals surface area contributed by atoms with Gasteiger partial charge in [-0.25, -0.2) is 0 Å². The Morgan fingerprint density at radius 2 is 2.20 bits per heavy atom. The Labute approximate surface area is 62.6 Å². The Bertz CT molecular complexity index is 107. The summed E-state index contributed by atoms with van der Waals surface area (Å²) in [5.74, 6) is 5.70. The van der Waals surface area contributed by atoms with Crippen molar-refractivity contribution in [2.75, 3.05) is 6.54 Å². The monoisotopic (exact) mass is 143 g/mol. The number of nitrogens with two attached hydrogens (primary N) is 1. The SMILES string of the molecule is CCN/C=C(\NN)C(C)C. The zero-order valence-corrected chi connectivity index (χ0v) is 6.94. The van der Waals surface area contributed by atoms with Crippen LogP contribution in [0.2, 0.25) is 0 Å². The van der Waals surface area contributed by atoms with E-state index in [1.165, 1.54) is 0 Å². The van der Waals surface area contributed by atoms with Crippen LogP contribution >= 0.6 is 0 Å². The van der Waals surface area contributed by atoms with Gasteiger partial charge >= 0.3 is 0 Å². The van der Waals surface area contributed by atoms with E-state index in [1.807, 2.05) is 13.1 Å². The molecule has 0 heterocycles. The second-order valence-corrected chi connectivity index (χ2v) is 2.46. The van der Waals surface area contributed by atoms with E-state index in [0.717, 1.165) is 12.2 Å². The molecular weight excluding hydrogens is 126 g/mol. The van der Waals surface area contributed by atoms with Crippen molar-refractivity contribution in [3.8, 4) is 0 Å². The molecule has 0 saturated heterocycles. The molecule has 0 bridgehead atoms. The van der Waals surface area contributed by atoms with Gasteiger partial charge in [0.2, 0.25) is 0 Å². The van der Waals surface area contributed by atoms with E-state index in [0.29, 0.717) is 5.92 Å². The summed E-state index contributed by atoms with van der Waals surface area (Å²) in [6.45, 7) is 7.15. The van der Waals surface area contributed by atoms with E-state index in [2.05, 4.69) is 24.6 Å². The van der Waals surface area contributed by atoms with Gasteiger partial charge in [-0.3, -0.25) is 5.84 Å². The van der Waals surface area contributed by atoms with Gasteiger partial charge in [0.1, 0.15) is 0 Å². The molecule has 0 aliphatic heterocycles. The molecule has 0 aliphatic rings. The summed E-state index contributed by atoms with van der Waals surface area (Å²) in [5, 5.41) is 3.08. The first-order valence-corrected chi connectivity index (χ1v) is 3.62. The summed E-state index contributed by atoms with van der Waals surface area (Å²) in [4.78, 5) is 0. The number of hydrazine groups is 1. The Kier molecular flexibility index (Phi) is 4.76. The molecule has 0 aliphatic carbocycles. The summed E-state index contributed by atoms with van der Waals surface area (Å²) in [7, 11) is 0. The maximum absolute atomic E-state index is 5.26. The molecule has 0 atom stereocenters. The van der Waals surface area contributed by atoms with E-state index in [9.17, 15) is 0 Å². The summed E-state index contributed by atoms with van der Waals surface area (Å²) >= 11 is 0. The molecule has 0 amide bonds. The van der Waals surface area contributed by atoms with Gasteiger partial charge in [-0.1, -0.05) is 13.8 Å². The van der Waals surface area contributed by atoms with Crippen molar-refractivity contribution >= 4 is 0 Å². The van der Waals surface area contributed by atoms with Crippen LogP contribution in [0.25, 0.3) is 0 Å². The maximum Gasteiger partial charge on any atom is 0.0441 e. The number of nitrogens with one attached hydrogen (secondary N) is 2. The number of hydrogen-bond acceptors (Lipinski definition) is 3. The van der Waals surface area contributed by atoms with E-state index < -0.39 is 0 Å². The van der Waals surface area contributed by atoms with Crippen molar-refractivity contribution in [3.63, 3.8) is 0 Å². The largest absolute Gasteiger partial charge is 0.390 e. The van der Waals surface area contributed by atoms with E-state index in [-0.39, 0.29) is 0 Å². The third kappa shape index (κ3) is 3.35. The zero-order chi connectivity index (χ0) is 7.98. The van der Waals surface area contributed by atoms with E-state index >= 15 is 0 Å². The Morgan fingerprint density at radius 3 is 2.50 bits per heavy atom. The highest BCUT2D eigenvalue weighted by Gasteiger charge is 1.97. The molecule has 3 heteroatoms. The van der Waals surface area contributed by atoms with Crippen LogP contribution in [-0.2, 0) is 0 Å². The van der Waals surface area contributed by atoms with Gasteiger partial charge in [-0.15, -0.1) is 0 Å². The lowest BCUT2D eigenvalue weighted by atomic mass is 10.1. The van der Waals surface area contributed by atoms with Crippen LogP contribution in [0.4, 0.5) is 0 Å². The summed E-state index contributed by atoms with van der Waals surface area (Å²) in [6.07, 6.45) is 1.91. The second kappa shape index (κ2) is 5.11.